The van der Waals surface area contributed by atoms with E-state index in [1.807, 2.05) is 6.92 Å². The number of hydrogen-bond acceptors (Lipinski definition) is 3. The van der Waals surface area contributed by atoms with Crippen LogP contribution < -0.4 is 0 Å². The van der Waals surface area contributed by atoms with Gasteiger partial charge < -0.3 is 14.7 Å². The summed E-state index contributed by atoms with van der Waals surface area (Å²) in [5.74, 6) is -0.197. The molecule has 0 bridgehead atoms. The van der Waals surface area contributed by atoms with E-state index < -0.39 is 0 Å². The molecule has 1 aromatic rings. The number of carbonyl (C=O) groups is 1. The van der Waals surface area contributed by atoms with Gasteiger partial charge in [-0.15, -0.1) is 0 Å². The van der Waals surface area contributed by atoms with Crippen LogP contribution in [0.5, 0.6) is 5.75 Å². The number of aromatic hydroxyl groups is 1. The lowest BCUT2D eigenvalue weighted by Crippen LogP contribution is -2.28. The molecule has 0 atom stereocenters. The van der Waals surface area contributed by atoms with E-state index in [9.17, 15) is 9.90 Å². The Hall–Kier alpha value is -1.07. The zero-order valence-electron chi connectivity index (χ0n) is 10.9. The van der Waals surface area contributed by atoms with Crippen LogP contribution in [-0.2, 0) is 4.74 Å². The summed E-state index contributed by atoms with van der Waals surface area (Å²) >= 11 is 3.24. The third kappa shape index (κ3) is 3.71. The number of halogens is 1. The topological polar surface area (TPSA) is 49.8 Å². The monoisotopic (exact) mass is 315 g/mol. The molecular weight excluding hydrogens is 298 g/mol. The Kier molecular flexibility index (Phi) is 5.62. The van der Waals surface area contributed by atoms with Crippen LogP contribution >= 0.6 is 15.9 Å². The highest BCUT2D eigenvalue weighted by Gasteiger charge is 2.17. The summed E-state index contributed by atoms with van der Waals surface area (Å²) in [5, 5.41) is 9.89. The van der Waals surface area contributed by atoms with E-state index in [1.165, 1.54) is 0 Å². The molecule has 0 aliphatic heterocycles. The molecule has 18 heavy (non-hydrogen) atoms. The molecule has 100 valence electrons. The maximum atomic E-state index is 12.2. The van der Waals surface area contributed by atoms with Gasteiger partial charge in [0.2, 0.25) is 0 Å². The van der Waals surface area contributed by atoms with E-state index in [4.69, 9.17) is 4.74 Å². The third-order valence-electron chi connectivity index (χ3n) is 2.63. The molecule has 0 aliphatic rings. The fourth-order valence-corrected chi connectivity index (χ4v) is 2.23. The van der Waals surface area contributed by atoms with Crippen molar-refractivity contribution in [2.45, 2.75) is 13.3 Å². The Morgan fingerprint density at radius 1 is 1.50 bits per heavy atom. The SMILES string of the molecule is COCCCN(C)C(=O)c1cc(C)cc(Br)c1O. The molecule has 0 fully saturated rings. The summed E-state index contributed by atoms with van der Waals surface area (Å²) in [6.45, 7) is 3.09. The van der Waals surface area contributed by atoms with E-state index in [2.05, 4.69) is 15.9 Å². The van der Waals surface area contributed by atoms with Crippen LogP contribution in [0.1, 0.15) is 22.3 Å². The van der Waals surface area contributed by atoms with Crippen molar-refractivity contribution in [1.29, 1.82) is 0 Å². The van der Waals surface area contributed by atoms with Crippen LogP contribution in [0.4, 0.5) is 0 Å². The normalized spacial score (nSPS) is 10.4. The van der Waals surface area contributed by atoms with Gasteiger partial charge in [0.05, 0.1) is 10.0 Å². The number of aryl methyl sites for hydroxylation is 1. The molecule has 0 saturated carbocycles. The molecule has 1 N–H and O–H groups in total. The molecule has 5 heteroatoms. The first-order valence-electron chi connectivity index (χ1n) is 5.71. The number of carbonyl (C=O) groups excluding carboxylic acids is 1. The smallest absolute Gasteiger partial charge is 0.257 e. The Morgan fingerprint density at radius 2 is 2.17 bits per heavy atom. The van der Waals surface area contributed by atoms with Crippen molar-refractivity contribution in [2.24, 2.45) is 0 Å². The zero-order valence-corrected chi connectivity index (χ0v) is 12.5. The average Bonchev–Trinajstić information content (AvgIpc) is 2.33. The molecule has 0 heterocycles. The number of nitrogens with zero attached hydrogens (tertiary/aromatic N) is 1. The number of methoxy groups -OCH3 is 1. The van der Waals surface area contributed by atoms with Gasteiger partial charge in [-0.25, -0.2) is 0 Å². The minimum atomic E-state index is -0.187. The number of ether oxygens (including phenoxy) is 1. The van der Waals surface area contributed by atoms with Crippen LogP contribution in [0.25, 0.3) is 0 Å². The lowest BCUT2D eigenvalue weighted by atomic mass is 10.1. The summed E-state index contributed by atoms with van der Waals surface area (Å²) in [4.78, 5) is 13.8. The van der Waals surface area contributed by atoms with Gasteiger partial charge in [-0.05, 0) is 47.0 Å². The highest BCUT2D eigenvalue weighted by Crippen LogP contribution is 2.30. The fourth-order valence-electron chi connectivity index (χ4n) is 1.65. The first-order chi connectivity index (χ1) is 8.47. The first-order valence-corrected chi connectivity index (χ1v) is 6.50. The lowest BCUT2D eigenvalue weighted by molar-refractivity contribution is 0.0776. The molecule has 1 amide bonds. The van der Waals surface area contributed by atoms with Crippen molar-refractivity contribution < 1.29 is 14.6 Å². The van der Waals surface area contributed by atoms with Gasteiger partial charge in [-0.2, -0.15) is 0 Å². The van der Waals surface area contributed by atoms with Gasteiger partial charge >= 0.3 is 0 Å². The van der Waals surface area contributed by atoms with Gasteiger partial charge in [0, 0.05) is 27.3 Å². The van der Waals surface area contributed by atoms with E-state index in [0.29, 0.717) is 23.2 Å². The third-order valence-corrected chi connectivity index (χ3v) is 3.23. The Morgan fingerprint density at radius 3 is 2.78 bits per heavy atom. The summed E-state index contributed by atoms with van der Waals surface area (Å²) in [7, 11) is 3.35. The average molecular weight is 316 g/mol. The van der Waals surface area contributed by atoms with E-state index in [-0.39, 0.29) is 11.7 Å². The molecule has 0 saturated heterocycles. The van der Waals surface area contributed by atoms with Gasteiger partial charge in [-0.3, -0.25) is 4.79 Å². The predicted octanol–water partition coefficient (Wildman–Crippen LogP) is 2.57. The number of phenols is 1. The second kappa shape index (κ2) is 6.75. The van der Waals surface area contributed by atoms with Crippen molar-refractivity contribution in [3.05, 3.63) is 27.7 Å². The summed E-state index contributed by atoms with van der Waals surface area (Å²) in [6.07, 6.45) is 0.770. The number of rotatable bonds is 5. The van der Waals surface area contributed by atoms with Gasteiger partial charge in [-0.1, -0.05) is 0 Å². The van der Waals surface area contributed by atoms with E-state index in [1.54, 1.807) is 31.2 Å². The van der Waals surface area contributed by atoms with Gasteiger partial charge in [0.1, 0.15) is 5.75 Å². The number of benzene rings is 1. The van der Waals surface area contributed by atoms with Crippen molar-refractivity contribution >= 4 is 21.8 Å². The highest BCUT2D eigenvalue weighted by atomic mass is 79.9. The van der Waals surface area contributed by atoms with Crippen molar-refractivity contribution in [1.82, 2.24) is 4.90 Å². The summed E-state index contributed by atoms with van der Waals surface area (Å²) in [5.41, 5.74) is 1.25. The number of hydrogen-bond donors (Lipinski definition) is 1. The van der Waals surface area contributed by atoms with Crippen LogP contribution in [-0.4, -0.2) is 43.2 Å². The molecule has 0 radical (unpaired) electrons. The van der Waals surface area contributed by atoms with Crippen LogP contribution in [0.2, 0.25) is 0 Å². The lowest BCUT2D eigenvalue weighted by Gasteiger charge is -2.18. The van der Waals surface area contributed by atoms with Crippen molar-refractivity contribution in [2.75, 3.05) is 27.3 Å². The molecule has 1 rings (SSSR count). The van der Waals surface area contributed by atoms with Gasteiger partial charge in [0.15, 0.2) is 0 Å². The van der Waals surface area contributed by atoms with Crippen molar-refractivity contribution in [3.8, 4) is 5.75 Å². The number of phenolic OH excluding ortho intramolecular Hbond substituents is 1. The van der Waals surface area contributed by atoms with Crippen LogP contribution in [0.15, 0.2) is 16.6 Å². The Labute approximate surface area is 116 Å². The van der Waals surface area contributed by atoms with E-state index >= 15 is 0 Å². The zero-order chi connectivity index (χ0) is 13.7. The quantitative estimate of drug-likeness (QED) is 0.850. The van der Waals surface area contributed by atoms with Crippen molar-refractivity contribution in [3.63, 3.8) is 0 Å². The first kappa shape index (κ1) is 15.0. The molecule has 0 spiro atoms. The molecule has 1 aromatic carbocycles. The minimum absolute atomic E-state index is 0.0100. The molecule has 4 nitrogen and oxygen atoms in total. The second-order valence-electron chi connectivity index (χ2n) is 4.22. The van der Waals surface area contributed by atoms with Crippen LogP contribution in [0.3, 0.4) is 0 Å². The maximum absolute atomic E-state index is 12.2. The number of amides is 1. The van der Waals surface area contributed by atoms with Gasteiger partial charge in [0.25, 0.3) is 5.91 Å². The highest BCUT2D eigenvalue weighted by molar-refractivity contribution is 9.10. The van der Waals surface area contributed by atoms with E-state index in [0.717, 1.165) is 12.0 Å². The molecule has 0 aromatic heterocycles. The standard InChI is InChI=1S/C13H18BrNO3/c1-9-7-10(12(16)11(14)8-9)13(17)15(2)5-4-6-18-3/h7-8,16H,4-6H2,1-3H3. The predicted molar refractivity (Wildman–Crippen MR) is 74.0 cm³/mol. The minimum Gasteiger partial charge on any atom is -0.506 e. The summed E-state index contributed by atoms with van der Waals surface area (Å²) < 4.78 is 5.48. The second-order valence-corrected chi connectivity index (χ2v) is 5.07. The van der Waals surface area contributed by atoms with Crippen LogP contribution in [0, 0.1) is 6.92 Å². The molecule has 0 aliphatic carbocycles. The molecule has 0 unspecified atom stereocenters. The largest absolute Gasteiger partial charge is 0.506 e. The molecular formula is C13H18BrNO3. The Bertz CT molecular complexity index is 434. The fraction of sp³-hybridized carbons (Fsp3) is 0.462. The summed E-state index contributed by atoms with van der Waals surface area (Å²) in [6, 6.07) is 3.46. The maximum Gasteiger partial charge on any atom is 0.257 e. The Balaban J connectivity index is 2.83.